The van der Waals surface area contributed by atoms with Gasteiger partial charge in [-0.15, -0.1) is 11.3 Å². The molecule has 1 amide bonds. The van der Waals surface area contributed by atoms with Gasteiger partial charge in [0.05, 0.1) is 0 Å². The molecule has 1 N–H and O–H groups in total. The molecule has 1 aliphatic rings. The molecular formula is C16H16FNO3S. The molecule has 0 saturated heterocycles. The molecule has 0 bridgehead atoms. The molecule has 1 atom stereocenters. The molecule has 0 spiro atoms. The SMILES string of the molecule is Cc1c(C(=O)O[C@H](C)C(=O)NC2CC2)sc2cccc(F)c12. The molecule has 3 rings (SSSR count). The van der Waals surface area contributed by atoms with Gasteiger partial charge in [-0.2, -0.15) is 0 Å². The van der Waals surface area contributed by atoms with Crippen LogP contribution in [0.15, 0.2) is 18.2 Å². The second-order valence-electron chi connectivity index (χ2n) is 5.50. The number of halogens is 1. The van der Waals surface area contributed by atoms with Gasteiger partial charge in [-0.1, -0.05) is 6.07 Å². The Labute approximate surface area is 131 Å². The lowest BCUT2D eigenvalue weighted by atomic mass is 10.1. The van der Waals surface area contributed by atoms with Gasteiger partial charge < -0.3 is 10.1 Å². The number of ether oxygens (including phenoxy) is 1. The third kappa shape index (κ3) is 2.83. The van der Waals surface area contributed by atoms with E-state index in [1.54, 1.807) is 26.0 Å². The number of hydrogen-bond acceptors (Lipinski definition) is 4. The number of esters is 1. The van der Waals surface area contributed by atoms with E-state index in [1.165, 1.54) is 17.4 Å². The third-order valence-electron chi connectivity index (χ3n) is 3.67. The Kier molecular flexibility index (Phi) is 3.87. The Balaban J connectivity index is 1.78. The molecule has 2 aromatic rings. The van der Waals surface area contributed by atoms with Crippen LogP contribution in [0, 0.1) is 12.7 Å². The average molecular weight is 321 g/mol. The number of carbonyl (C=O) groups excluding carboxylic acids is 2. The summed E-state index contributed by atoms with van der Waals surface area (Å²) < 4.78 is 19.8. The van der Waals surface area contributed by atoms with Gasteiger partial charge in [0.15, 0.2) is 6.10 Å². The molecule has 1 aromatic heterocycles. The van der Waals surface area contributed by atoms with E-state index in [0.29, 0.717) is 20.5 Å². The zero-order chi connectivity index (χ0) is 15.9. The monoisotopic (exact) mass is 321 g/mol. The maximum absolute atomic E-state index is 13.9. The molecule has 22 heavy (non-hydrogen) atoms. The molecule has 1 aliphatic carbocycles. The lowest BCUT2D eigenvalue weighted by Gasteiger charge is -2.12. The van der Waals surface area contributed by atoms with Crippen LogP contribution < -0.4 is 5.32 Å². The average Bonchev–Trinajstić information content (AvgIpc) is 3.21. The molecule has 116 valence electrons. The van der Waals surface area contributed by atoms with Gasteiger partial charge in [-0.3, -0.25) is 4.79 Å². The van der Waals surface area contributed by atoms with E-state index in [2.05, 4.69) is 5.32 Å². The number of rotatable bonds is 4. The van der Waals surface area contributed by atoms with Crippen molar-refractivity contribution in [3.8, 4) is 0 Å². The standard InChI is InChI=1S/C16H16FNO3S/c1-8-13-11(17)4-3-5-12(13)22-14(8)16(20)21-9(2)15(19)18-10-6-7-10/h3-5,9-10H,6-7H2,1-2H3,(H,18,19)/t9-/m1/s1. The van der Waals surface area contributed by atoms with E-state index < -0.39 is 12.1 Å². The fourth-order valence-electron chi connectivity index (χ4n) is 2.26. The highest BCUT2D eigenvalue weighted by atomic mass is 32.1. The molecule has 1 saturated carbocycles. The van der Waals surface area contributed by atoms with Gasteiger partial charge in [0.2, 0.25) is 0 Å². The Hall–Kier alpha value is -1.95. The quantitative estimate of drug-likeness (QED) is 0.880. The minimum absolute atomic E-state index is 0.216. The first-order valence-electron chi connectivity index (χ1n) is 7.16. The predicted molar refractivity (Wildman–Crippen MR) is 82.6 cm³/mol. The smallest absolute Gasteiger partial charge is 0.349 e. The topological polar surface area (TPSA) is 55.4 Å². The predicted octanol–water partition coefficient (Wildman–Crippen LogP) is 3.17. The Bertz CT molecular complexity index is 751. The summed E-state index contributed by atoms with van der Waals surface area (Å²) in [5, 5.41) is 3.23. The Morgan fingerprint density at radius 3 is 2.77 bits per heavy atom. The lowest BCUT2D eigenvalue weighted by molar-refractivity contribution is -0.129. The van der Waals surface area contributed by atoms with Crippen LogP contribution in [0.5, 0.6) is 0 Å². The number of aryl methyl sites for hydroxylation is 1. The number of benzene rings is 1. The highest BCUT2D eigenvalue weighted by molar-refractivity contribution is 7.21. The van der Waals surface area contributed by atoms with E-state index >= 15 is 0 Å². The third-order valence-corrected chi connectivity index (χ3v) is 4.90. The van der Waals surface area contributed by atoms with E-state index in [-0.39, 0.29) is 17.8 Å². The molecule has 0 aliphatic heterocycles. The molecule has 1 fully saturated rings. The van der Waals surface area contributed by atoms with Crippen molar-refractivity contribution in [1.82, 2.24) is 5.32 Å². The van der Waals surface area contributed by atoms with E-state index in [0.717, 1.165) is 12.8 Å². The first-order chi connectivity index (χ1) is 10.5. The normalized spacial score (nSPS) is 15.6. The van der Waals surface area contributed by atoms with Crippen LogP contribution in [0.2, 0.25) is 0 Å². The summed E-state index contributed by atoms with van der Waals surface area (Å²) >= 11 is 1.18. The van der Waals surface area contributed by atoms with Crippen molar-refractivity contribution in [2.24, 2.45) is 0 Å². The molecule has 4 nitrogen and oxygen atoms in total. The van der Waals surface area contributed by atoms with Crippen LogP contribution in [0.25, 0.3) is 10.1 Å². The minimum Gasteiger partial charge on any atom is -0.448 e. The minimum atomic E-state index is -0.859. The van der Waals surface area contributed by atoms with Crippen LogP contribution in [0.3, 0.4) is 0 Å². The second-order valence-corrected chi connectivity index (χ2v) is 6.55. The Morgan fingerprint density at radius 1 is 1.41 bits per heavy atom. The van der Waals surface area contributed by atoms with Crippen LogP contribution in [-0.2, 0) is 9.53 Å². The van der Waals surface area contributed by atoms with Crippen molar-refractivity contribution in [2.75, 3.05) is 0 Å². The summed E-state index contributed by atoms with van der Waals surface area (Å²) in [4.78, 5) is 24.4. The fourth-order valence-corrected chi connectivity index (χ4v) is 3.37. The van der Waals surface area contributed by atoms with Gasteiger partial charge in [0.25, 0.3) is 5.91 Å². The summed E-state index contributed by atoms with van der Waals surface area (Å²) in [5.74, 6) is -1.23. The summed E-state index contributed by atoms with van der Waals surface area (Å²) in [5.41, 5.74) is 0.554. The number of thiophene rings is 1. The summed E-state index contributed by atoms with van der Waals surface area (Å²) in [7, 11) is 0. The van der Waals surface area contributed by atoms with Gasteiger partial charge in [0.1, 0.15) is 10.7 Å². The maximum Gasteiger partial charge on any atom is 0.349 e. The van der Waals surface area contributed by atoms with Gasteiger partial charge in [-0.05, 0) is 44.4 Å². The second kappa shape index (κ2) is 5.68. The highest BCUT2D eigenvalue weighted by Crippen LogP contribution is 2.33. The van der Waals surface area contributed by atoms with Gasteiger partial charge >= 0.3 is 5.97 Å². The largest absolute Gasteiger partial charge is 0.448 e. The van der Waals surface area contributed by atoms with E-state index in [9.17, 15) is 14.0 Å². The summed E-state index contributed by atoms with van der Waals surface area (Å²) in [6, 6.07) is 4.95. The molecule has 0 unspecified atom stereocenters. The first-order valence-corrected chi connectivity index (χ1v) is 7.98. The number of amides is 1. The van der Waals surface area contributed by atoms with E-state index in [4.69, 9.17) is 4.74 Å². The van der Waals surface area contributed by atoms with Crippen molar-refractivity contribution in [1.29, 1.82) is 0 Å². The van der Waals surface area contributed by atoms with Crippen LogP contribution in [-0.4, -0.2) is 24.0 Å². The van der Waals surface area contributed by atoms with Crippen molar-refractivity contribution < 1.29 is 18.7 Å². The van der Waals surface area contributed by atoms with Gasteiger partial charge in [-0.25, -0.2) is 9.18 Å². The molecule has 1 aromatic carbocycles. The number of nitrogens with one attached hydrogen (secondary N) is 1. The fraction of sp³-hybridized carbons (Fsp3) is 0.375. The van der Waals surface area contributed by atoms with Crippen molar-refractivity contribution in [3.63, 3.8) is 0 Å². The van der Waals surface area contributed by atoms with Gasteiger partial charge in [0, 0.05) is 16.1 Å². The zero-order valence-corrected chi connectivity index (χ0v) is 13.1. The Morgan fingerprint density at radius 2 is 2.14 bits per heavy atom. The number of carbonyl (C=O) groups is 2. The van der Waals surface area contributed by atoms with Crippen LogP contribution >= 0.6 is 11.3 Å². The van der Waals surface area contributed by atoms with Crippen molar-refractivity contribution >= 4 is 33.3 Å². The van der Waals surface area contributed by atoms with Crippen LogP contribution in [0.4, 0.5) is 4.39 Å². The zero-order valence-electron chi connectivity index (χ0n) is 12.3. The lowest BCUT2D eigenvalue weighted by Crippen LogP contribution is -2.37. The van der Waals surface area contributed by atoms with Crippen LogP contribution in [0.1, 0.15) is 35.0 Å². The summed E-state index contributed by atoms with van der Waals surface area (Å²) in [6.07, 6.45) is 1.09. The van der Waals surface area contributed by atoms with Crippen molar-refractivity contribution in [2.45, 2.75) is 38.8 Å². The highest BCUT2D eigenvalue weighted by Gasteiger charge is 2.28. The molecule has 1 heterocycles. The summed E-state index contributed by atoms with van der Waals surface area (Å²) in [6.45, 7) is 3.23. The molecule has 0 radical (unpaired) electrons. The van der Waals surface area contributed by atoms with Crippen molar-refractivity contribution in [3.05, 3.63) is 34.5 Å². The molecular weight excluding hydrogens is 305 g/mol. The number of fused-ring (bicyclic) bond motifs is 1. The first kappa shape index (κ1) is 15.0. The number of hydrogen-bond donors (Lipinski definition) is 1. The maximum atomic E-state index is 13.9. The molecule has 6 heteroatoms. The van der Waals surface area contributed by atoms with E-state index in [1.807, 2.05) is 0 Å².